The first-order valence-electron chi connectivity index (χ1n) is 6.18. The Morgan fingerprint density at radius 3 is 2.65 bits per heavy atom. The molecule has 1 aliphatic rings. The van der Waals surface area contributed by atoms with Crippen LogP contribution in [0.2, 0.25) is 5.02 Å². The maximum absolute atomic E-state index is 6.14. The van der Waals surface area contributed by atoms with E-state index in [0.29, 0.717) is 5.02 Å². The fraction of sp³-hybridized carbons (Fsp3) is 0.571. The van der Waals surface area contributed by atoms with E-state index in [1.165, 1.54) is 19.3 Å². The Morgan fingerprint density at radius 1 is 1.41 bits per heavy atom. The van der Waals surface area contributed by atoms with Crippen molar-refractivity contribution in [3.63, 3.8) is 0 Å². The summed E-state index contributed by atoms with van der Waals surface area (Å²) >= 11 is 6.01. The summed E-state index contributed by atoms with van der Waals surface area (Å²) in [6.07, 6.45) is 3.91. The van der Waals surface area contributed by atoms with Gasteiger partial charge in [0.15, 0.2) is 0 Å². The van der Waals surface area contributed by atoms with E-state index in [9.17, 15) is 0 Å². The van der Waals surface area contributed by atoms with Crippen LogP contribution < -0.4 is 10.5 Å². The Labute approximate surface area is 108 Å². The van der Waals surface area contributed by atoms with Crippen LogP contribution in [0.5, 0.6) is 5.75 Å². The summed E-state index contributed by atoms with van der Waals surface area (Å²) in [6.45, 7) is 4.73. The van der Waals surface area contributed by atoms with Crippen LogP contribution in [0.4, 0.5) is 0 Å². The second-order valence-corrected chi connectivity index (χ2v) is 5.91. The van der Waals surface area contributed by atoms with Crippen molar-refractivity contribution in [3.05, 3.63) is 28.8 Å². The maximum Gasteiger partial charge on any atom is 0.124 e. The number of rotatable bonds is 4. The SMILES string of the molecule is CC(C)(N)c1cc(Cl)ccc1OCC1CCC1. The Hall–Kier alpha value is -0.730. The zero-order valence-corrected chi connectivity index (χ0v) is 11.3. The average Bonchev–Trinajstić information content (AvgIpc) is 2.16. The van der Waals surface area contributed by atoms with Gasteiger partial charge in [0.25, 0.3) is 0 Å². The van der Waals surface area contributed by atoms with Gasteiger partial charge < -0.3 is 10.5 Å². The molecule has 1 aromatic rings. The normalized spacial score (nSPS) is 16.7. The standard InChI is InChI=1S/C14H20ClNO/c1-14(2,16)12-8-11(15)6-7-13(12)17-9-10-4-3-5-10/h6-8,10H,3-5,9,16H2,1-2H3. The molecule has 2 N–H and O–H groups in total. The molecule has 2 rings (SSSR count). The molecule has 1 saturated carbocycles. The third-order valence-corrected chi connectivity index (χ3v) is 3.57. The van der Waals surface area contributed by atoms with E-state index in [4.69, 9.17) is 22.1 Å². The zero-order chi connectivity index (χ0) is 12.5. The minimum Gasteiger partial charge on any atom is -0.493 e. The van der Waals surface area contributed by atoms with Crippen LogP contribution in [0.25, 0.3) is 0 Å². The third kappa shape index (κ3) is 3.14. The van der Waals surface area contributed by atoms with Gasteiger partial charge in [-0.05, 0) is 50.8 Å². The first kappa shape index (κ1) is 12.7. The van der Waals surface area contributed by atoms with Gasteiger partial charge in [-0.1, -0.05) is 18.0 Å². The van der Waals surface area contributed by atoms with Gasteiger partial charge in [-0.25, -0.2) is 0 Å². The van der Waals surface area contributed by atoms with Gasteiger partial charge in [0, 0.05) is 16.1 Å². The maximum atomic E-state index is 6.14. The fourth-order valence-corrected chi connectivity index (χ4v) is 2.17. The summed E-state index contributed by atoms with van der Waals surface area (Å²) in [5.41, 5.74) is 6.69. The number of nitrogens with two attached hydrogens (primary N) is 1. The van der Waals surface area contributed by atoms with E-state index in [0.717, 1.165) is 23.8 Å². The zero-order valence-electron chi connectivity index (χ0n) is 10.5. The molecule has 0 heterocycles. The van der Waals surface area contributed by atoms with Gasteiger partial charge in [-0.2, -0.15) is 0 Å². The molecule has 1 aromatic carbocycles. The molecular formula is C14H20ClNO. The first-order chi connectivity index (χ1) is 7.97. The highest BCUT2D eigenvalue weighted by atomic mass is 35.5. The summed E-state index contributed by atoms with van der Waals surface area (Å²) in [5, 5.41) is 0.703. The molecule has 17 heavy (non-hydrogen) atoms. The van der Waals surface area contributed by atoms with Crippen molar-refractivity contribution in [2.24, 2.45) is 11.7 Å². The van der Waals surface area contributed by atoms with Crippen LogP contribution in [0, 0.1) is 5.92 Å². The smallest absolute Gasteiger partial charge is 0.124 e. The van der Waals surface area contributed by atoms with Crippen molar-refractivity contribution in [3.8, 4) is 5.75 Å². The number of ether oxygens (including phenoxy) is 1. The van der Waals surface area contributed by atoms with Gasteiger partial charge in [-0.3, -0.25) is 0 Å². The van der Waals surface area contributed by atoms with E-state index in [2.05, 4.69) is 0 Å². The van der Waals surface area contributed by atoms with Gasteiger partial charge in [0.1, 0.15) is 5.75 Å². The number of hydrogen-bond donors (Lipinski definition) is 1. The van der Waals surface area contributed by atoms with Crippen molar-refractivity contribution in [2.45, 2.75) is 38.6 Å². The first-order valence-corrected chi connectivity index (χ1v) is 6.56. The Kier molecular flexibility index (Phi) is 3.64. The van der Waals surface area contributed by atoms with Gasteiger partial charge in [0.2, 0.25) is 0 Å². The fourth-order valence-electron chi connectivity index (χ4n) is 2.00. The molecule has 1 aliphatic carbocycles. The quantitative estimate of drug-likeness (QED) is 0.888. The van der Waals surface area contributed by atoms with Crippen LogP contribution >= 0.6 is 11.6 Å². The number of benzene rings is 1. The van der Waals surface area contributed by atoms with Crippen molar-refractivity contribution in [1.82, 2.24) is 0 Å². The third-order valence-electron chi connectivity index (χ3n) is 3.34. The predicted octanol–water partition coefficient (Wildman–Crippen LogP) is 3.71. The van der Waals surface area contributed by atoms with Gasteiger partial charge in [-0.15, -0.1) is 0 Å². The van der Waals surface area contributed by atoms with Gasteiger partial charge >= 0.3 is 0 Å². The van der Waals surface area contributed by atoms with Crippen molar-refractivity contribution < 1.29 is 4.74 Å². The summed E-state index contributed by atoms with van der Waals surface area (Å²) in [4.78, 5) is 0. The van der Waals surface area contributed by atoms with Gasteiger partial charge in [0.05, 0.1) is 6.61 Å². The lowest BCUT2D eigenvalue weighted by molar-refractivity contribution is 0.178. The largest absolute Gasteiger partial charge is 0.493 e. The lowest BCUT2D eigenvalue weighted by atomic mass is 9.86. The Bertz CT molecular complexity index is 394. The number of halogens is 1. The Balaban J connectivity index is 2.13. The molecular weight excluding hydrogens is 234 g/mol. The van der Waals surface area contributed by atoms with Crippen LogP contribution in [0.1, 0.15) is 38.7 Å². The molecule has 3 heteroatoms. The molecule has 0 amide bonds. The molecule has 0 radical (unpaired) electrons. The minimum atomic E-state index is -0.431. The molecule has 0 unspecified atom stereocenters. The summed E-state index contributed by atoms with van der Waals surface area (Å²) in [5.74, 6) is 1.59. The van der Waals surface area contributed by atoms with E-state index >= 15 is 0 Å². The molecule has 1 fully saturated rings. The highest BCUT2D eigenvalue weighted by molar-refractivity contribution is 6.30. The molecule has 0 atom stereocenters. The van der Waals surface area contributed by atoms with Crippen molar-refractivity contribution in [1.29, 1.82) is 0 Å². The lowest BCUT2D eigenvalue weighted by Gasteiger charge is -2.28. The number of hydrogen-bond acceptors (Lipinski definition) is 2. The summed E-state index contributed by atoms with van der Waals surface area (Å²) in [6, 6.07) is 5.68. The molecule has 94 valence electrons. The van der Waals surface area contributed by atoms with E-state index in [1.807, 2.05) is 32.0 Å². The van der Waals surface area contributed by atoms with E-state index in [1.54, 1.807) is 0 Å². The lowest BCUT2D eigenvalue weighted by Crippen LogP contribution is -2.30. The van der Waals surface area contributed by atoms with Crippen LogP contribution in [0.15, 0.2) is 18.2 Å². The molecule has 0 saturated heterocycles. The van der Waals surface area contributed by atoms with Crippen LogP contribution in [0.3, 0.4) is 0 Å². The molecule has 0 aliphatic heterocycles. The predicted molar refractivity (Wildman–Crippen MR) is 71.5 cm³/mol. The Morgan fingerprint density at radius 2 is 2.12 bits per heavy atom. The topological polar surface area (TPSA) is 35.2 Å². The summed E-state index contributed by atoms with van der Waals surface area (Å²) < 4.78 is 5.88. The van der Waals surface area contributed by atoms with Crippen molar-refractivity contribution in [2.75, 3.05) is 6.61 Å². The molecule has 0 aromatic heterocycles. The minimum absolute atomic E-state index is 0.431. The monoisotopic (exact) mass is 253 g/mol. The highest BCUT2D eigenvalue weighted by Crippen LogP contribution is 2.33. The van der Waals surface area contributed by atoms with Crippen LogP contribution in [-0.2, 0) is 5.54 Å². The van der Waals surface area contributed by atoms with E-state index < -0.39 is 5.54 Å². The van der Waals surface area contributed by atoms with E-state index in [-0.39, 0.29) is 0 Å². The van der Waals surface area contributed by atoms with Crippen LogP contribution in [-0.4, -0.2) is 6.61 Å². The average molecular weight is 254 g/mol. The molecule has 0 bridgehead atoms. The summed E-state index contributed by atoms with van der Waals surface area (Å²) in [7, 11) is 0. The highest BCUT2D eigenvalue weighted by Gasteiger charge is 2.22. The second kappa shape index (κ2) is 4.87. The molecule has 2 nitrogen and oxygen atoms in total. The molecule has 0 spiro atoms. The second-order valence-electron chi connectivity index (χ2n) is 5.47. The van der Waals surface area contributed by atoms with Crippen molar-refractivity contribution >= 4 is 11.6 Å².